The molecule has 4 heteroatoms. The molecule has 0 bridgehead atoms. The molecular formula is C6H14ClN2Na. The van der Waals surface area contributed by atoms with Crippen LogP contribution in [0.5, 0.6) is 0 Å². The second-order valence-corrected chi connectivity index (χ2v) is 2.61. The molecule has 0 aromatic rings. The van der Waals surface area contributed by atoms with Gasteiger partial charge in [-0.3, -0.25) is 0 Å². The fraction of sp³-hybridized carbons (Fsp3) is 1.00. The monoisotopic (exact) mass is 172 g/mol. The normalized spacial score (nSPS) is 31.8. The van der Waals surface area contributed by atoms with Crippen molar-refractivity contribution in [1.82, 2.24) is 0 Å². The molecule has 10 heavy (non-hydrogen) atoms. The Morgan fingerprint density at radius 1 is 0.900 bits per heavy atom. The Labute approximate surface area is 90.8 Å². The number of halogens is 1. The first-order valence-corrected chi connectivity index (χ1v) is 3.32. The molecule has 0 heterocycles. The average Bonchev–Trinajstić information content (AvgIpc) is 1.77. The average molecular weight is 173 g/mol. The molecule has 56 valence electrons. The van der Waals surface area contributed by atoms with Gasteiger partial charge in [-0.1, -0.05) is 12.8 Å². The summed E-state index contributed by atoms with van der Waals surface area (Å²) >= 11 is 0. The summed E-state index contributed by atoms with van der Waals surface area (Å²) in [6.07, 6.45) is 4.80. The first-order valence-electron chi connectivity index (χ1n) is 3.32. The summed E-state index contributed by atoms with van der Waals surface area (Å²) < 4.78 is 0. The van der Waals surface area contributed by atoms with Gasteiger partial charge in [-0.25, -0.2) is 0 Å². The van der Waals surface area contributed by atoms with Gasteiger partial charge in [-0.15, -0.1) is 0 Å². The van der Waals surface area contributed by atoms with Crippen molar-refractivity contribution in [2.24, 2.45) is 11.5 Å². The van der Waals surface area contributed by atoms with E-state index in [0.29, 0.717) is 0 Å². The maximum Gasteiger partial charge on any atom is 1.00 e. The van der Waals surface area contributed by atoms with E-state index < -0.39 is 0 Å². The van der Waals surface area contributed by atoms with Gasteiger partial charge in [0.1, 0.15) is 0 Å². The predicted octanol–water partition coefficient (Wildman–Crippen LogP) is -5.78. The number of hydrogen-bond donors (Lipinski definition) is 2. The first kappa shape index (κ1) is 13.8. The zero-order valence-electron chi connectivity index (χ0n) is 6.52. The third-order valence-electron chi connectivity index (χ3n) is 1.87. The van der Waals surface area contributed by atoms with Crippen LogP contribution in [-0.2, 0) is 0 Å². The van der Waals surface area contributed by atoms with E-state index in [9.17, 15) is 0 Å². The van der Waals surface area contributed by atoms with Crippen molar-refractivity contribution in [3.63, 3.8) is 0 Å². The molecule has 1 saturated carbocycles. The van der Waals surface area contributed by atoms with Crippen LogP contribution in [0.4, 0.5) is 0 Å². The SMILES string of the molecule is NC1CCCCC1N.[Cl-].[Na+]. The second-order valence-electron chi connectivity index (χ2n) is 2.61. The van der Waals surface area contributed by atoms with E-state index in [1.807, 2.05) is 0 Å². The van der Waals surface area contributed by atoms with Gasteiger partial charge in [0.2, 0.25) is 0 Å². The Bertz CT molecular complexity index is 72.1. The van der Waals surface area contributed by atoms with E-state index in [-0.39, 0.29) is 54.0 Å². The third kappa shape index (κ3) is 4.16. The van der Waals surface area contributed by atoms with Gasteiger partial charge in [0, 0.05) is 12.1 Å². The molecule has 0 radical (unpaired) electrons. The van der Waals surface area contributed by atoms with Crippen LogP contribution in [-0.4, -0.2) is 12.1 Å². The van der Waals surface area contributed by atoms with Crippen molar-refractivity contribution in [2.75, 3.05) is 0 Å². The molecule has 1 fully saturated rings. The molecule has 1 aliphatic carbocycles. The van der Waals surface area contributed by atoms with Crippen molar-refractivity contribution in [1.29, 1.82) is 0 Å². The molecule has 0 spiro atoms. The van der Waals surface area contributed by atoms with E-state index in [0.717, 1.165) is 12.8 Å². The molecule has 0 aromatic carbocycles. The maximum atomic E-state index is 5.65. The maximum absolute atomic E-state index is 5.65. The third-order valence-corrected chi connectivity index (χ3v) is 1.87. The van der Waals surface area contributed by atoms with E-state index in [1.54, 1.807) is 0 Å². The summed E-state index contributed by atoms with van der Waals surface area (Å²) in [6, 6.07) is 0.562. The van der Waals surface area contributed by atoms with Crippen molar-refractivity contribution < 1.29 is 42.0 Å². The minimum Gasteiger partial charge on any atom is -1.00 e. The van der Waals surface area contributed by atoms with Gasteiger partial charge < -0.3 is 23.9 Å². The molecule has 4 N–H and O–H groups in total. The summed E-state index contributed by atoms with van der Waals surface area (Å²) in [4.78, 5) is 0. The predicted molar refractivity (Wildman–Crippen MR) is 34.4 cm³/mol. The molecule has 1 aliphatic rings. The summed E-state index contributed by atoms with van der Waals surface area (Å²) in [5.74, 6) is 0. The Kier molecular flexibility index (Phi) is 9.49. The van der Waals surface area contributed by atoms with Crippen LogP contribution in [0.25, 0.3) is 0 Å². The van der Waals surface area contributed by atoms with Crippen LogP contribution >= 0.6 is 0 Å². The minimum absolute atomic E-state index is 0. The fourth-order valence-electron chi connectivity index (χ4n) is 1.19. The summed E-state index contributed by atoms with van der Waals surface area (Å²) in [6.45, 7) is 0. The smallest absolute Gasteiger partial charge is 1.00 e. The Hall–Kier alpha value is 1.21. The molecule has 2 atom stereocenters. The van der Waals surface area contributed by atoms with E-state index in [1.165, 1.54) is 12.8 Å². The van der Waals surface area contributed by atoms with Gasteiger partial charge in [-0.2, -0.15) is 0 Å². The zero-order chi connectivity index (χ0) is 5.98. The van der Waals surface area contributed by atoms with Crippen LogP contribution in [0, 0.1) is 0 Å². The van der Waals surface area contributed by atoms with E-state index in [4.69, 9.17) is 11.5 Å². The molecule has 2 nitrogen and oxygen atoms in total. The molecule has 0 aliphatic heterocycles. The van der Waals surface area contributed by atoms with Crippen LogP contribution < -0.4 is 53.4 Å². The largest absolute Gasteiger partial charge is 1.00 e. The van der Waals surface area contributed by atoms with Gasteiger partial charge in [0.05, 0.1) is 0 Å². The quantitative estimate of drug-likeness (QED) is 0.358. The zero-order valence-corrected chi connectivity index (χ0v) is 9.27. The first-order chi connectivity index (χ1) is 3.80. The Morgan fingerprint density at radius 2 is 1.20 bits per heavy atom. The molecular weight excluding hydrogens is 159 g/mol. The van der Waals surface area contributed by atoms with Crippen molar-refractivity contribution in [2.45, 2.75) is 37.8 Å². The topological polar surface area (TPSA) is 52.0 Å². The molecule has 0 saturated heterocycles. The van der Waals surface area contributed by atoms with Crippen LogP contribution in [0.1, 0.15) is 25.7 Å². The molecule has 1 rings (SSSR count). The van der Waals surface area contributed by atoms with Gasteiger partial charge in [-0.05, 0) is 12.8 Å². The summed E-state index contributed by atoms with van der Waals surface area (Å²) in [7, 11) is 0. The van der Waals surface area contributed by atoms with Gasteiger partial charge in [0.15, 0.2) is 0 Å². The molecule has 2 unspecified atom stereocenters. The van der Waals surface area contributed by atoms with Crippen molar-refractivity contribution in [3.8, 4) is 0 Å². The van der Waals surface area contributed by atoms with E-state index in [2.05, 4.69) is 0 Å². The Balaban J connectivity index is 0. The van der Waals surface area contributed by atoms with Crippen molar-refractivity contribution >= 4 is 0 Å². The molecule has 0 amide bonds. The summed E-state index contributed by atoms with van der Waals surface area (Å²) in [5, 5.41) is 0. The van der Waals surface area contributed by atoms with Gasteiger partial charge >= 0.3 is 29.6 Å². The molecule has 0 aromatic heterocycles. The van der Waals surface area contributed by atoms with Crippen LogP contribution in [0.2, 0.25) is 0 Å². The Morgan fingerprint density at radius 3 is 1.40 bits per heavy atom. The number of nitrogens with two attached hydrogens (primary N) is 2. The fourth-order valence-corrected chi connectivity index (χ4v) is 1.19. The van der Waals surface area contributed by atoms with Crippen molar-refractivity contribution in [3.05, 3.63) is 0 Å². The van der Waals surface area contributed by atoms with Crippen LogP contribution in [0.3, 0.4) is 0 Å². The number of hydrogen-bond acceptors (Lipinski definition) is 2. The van der Waals surface area contributed by atoms with E-state index >= 15 is 0 Å². The van der Waals surface area contributed by atoms with Crippen LogP contribution in [0.15, 0.2) is 0 Å². The number of rotatable bonds is 0. The summed E-state index contributed by atoms with van der Waals surface area (Å²) in [5.41, 5.74) is 11.3. The second kappa shape index (κ2) is 6.89. The van der Waals surface area contributed by atoms with Gasteiger partial charge in [0.25, 0.3) is 0 Å². The standard InChI is InChI=1S/C6H14N2.ClH.Na/c7-5-3-1-2-4-6(5)8;;/h5-6H,1-4,7-8H2;1H;/q;;+1/p-1. The minimum atomic E-state index is 0.